The van der Waals surface area contributed by atoms with Gasteiger partial charge in [0, 0.05) is 5.69 Å². The van der Waals surface area contributed by atoms with Gasteiger partial charge >= 0.3 is 0 Å². The molecule has 0 atom stereocenters. The number of halogens is 1. The molecular formula is C12H17ClN2O2. The summed E-state index contributed by atoms with van der Waals surface area (Å²) in [6, 6.07) is 4.49. The van der Waals surface area contributed by atoms with Crippen LogP contribution in [-0.4, -0.2) is 16.6 Å². The van der Waals surface area contributed by atoms with Crippen LogP contribution in [0.15, 0.2) is 18.2 Å². The van der Waals surface area contributed by atoms with Crippen molar-refractivity contribution in [1.82, 2.24) is 0 Å². The lowest BCUT2D eigenvalue weighted by Crippen LogP contribution is -2.50. The zero-order valence-corrected chi connectivity index (χ0v) is 10.7. The number of anilines is 1. The number of carbonyl (C=O) groups excluding carboxylic acids is 1. The maximum absolute atomic E-state index is 12.0. The lowest BCUT2D eigenvalue weighted by Gasteiger charge is -2.25. The number of rotatable bonds is 4. The van der Waals surface area contributed by atoms with Crippen LogP contribution in [0.25, 0.3) is 0 Å². The van der Waals surface area contributed by atoms with Crippen LogP contribution in [0.2, 0.25) is 5.02 Å². The summed E-state index contributed by atoms with van der Waals surface area (Å²) in [6.07, 6.45) is 1.11. The molecule has 94 valence electrons. The zero-order chi connectivity index (χ0) is 13.1. The molecule has 17 heavy (non-hydrogen) atoms. The van der Waals surface area contributed by atoms with Crippen molar-refractivity contribution in [1.29, 1.82) is 0 Å². The lowest BCUT2D eigenvalue weighted by atomic mass is 9.93. The molecule has 0 radical (unpaired) electrons. The Kier molecular flexibility index (Phi) is 4.37. The maximum Gasteiger partial charge on any atom is 0.244 e. The van der Waals surface area contributed by atoms with Gasteiger partial charge in [0.1, 0.15) is 5.75 Å². The quantitative estimate of drug-likeness (QED) is 0.725. The second-order valence-corrected chi connectivity index (χ2v) is 4.39. The number of carbonyl (C=O) groups is 1. The lowest BCUT2D eigenvalue weighted by molar-refractivity contribution is -0.121. The van der Waals surface area contributed by atoms with E-state index in [2.05, 4.69) is 5.32 Å². The van der Waals surface area contributed by atoms with Gasteiger partial charge in [0.25, 0.3) is 0 Å². The molecule has 0 bridgehead atoms. The monoisotopic (exact) mass is 256 g/mol. The van der Waals surface area contributed by atoms with Crippen LogP contribution < -0.4 is 11.1 Å². The van der Waals surface area contributed by atoms with Gasteiger partial charge in [0.05, 0.1) is 10.6 Å². The van der Waals surface area contributed by atoms with Gasteiger partial charge < -0.3 is 16.2 Å². The summed E-state index contributed by atoms with van der Waals surface area (Å²) < 4.78 is 0. The summed E-state index contributed by atoms with van der Waals surface area (Å²) in [5, 5.41) is 12.1. The first-order valence-corrected chi connectivity index (χ1v) is 5.89. The minimum absolute atomic E-state index is 0.0188. The average Bonchev–Trinajstić information content (AvgIpc) is 2.32. The Balaban J connectivity index is 2.84. The molecule has 1 aromatic carbocycles. The van der Waals surface area contributed by atoms with Gasteiger partial charge in [-0.1, -0.05) is 25.4 Å². The fourth-order valence-corrected chi connectivity index (χ4v) is 1.59. The van der Waals surface area contributed by atoms with Crippen LogP contribution in [-0.2, 0) is 4.79 Å². The van der Waals surface area contributed by atoms with E-state index in [1.165, 1.54) is 12.1 Å². The van der Waals surface area contributed by atoms with Crippen molar-refractivity contribution in [3.63, 3.8) is 0 Å². The molecule has 0 aromatic heterocycles. The van der Waals surface area contributed by atoms with Crippen LogP contribution in [0.3, 0.4) is 0 Å². The maximum atomic E-state index is 12.0. The zero-order valence-electron chi connectivity index (χ0n) is 9.96. The van der Waals surface area contributed by atoms with E-state index < -0.39 is 5.54 Å². The molecule has 0 aliphatic rings. The smallest absolute Gasteiger partial charge is 0.244 e. The van der Waals surface area contributed by atoms with Gasteiger partial charge in [-0.2, -0.15) is 0 Å². The fraction of sp³-hybridized carbons (Fsp3) is 0.417. The Labute approximate surface area is 106 Å². The number of hydrogen-bond donors (Lipinski definition) is 3. The Morgan fingerprint density at radius 2 is 2.06 bits per heavy atom. The van der Waals surface area contributed by atoms with E-state index >= 15 is 0 Å². The Bertz CT molecular complexity index is 417. The highest BCUT2D eigenvalue weighted by Crippen LogP contribution is 2.26. The Morgan fingerprint density at radius 3 is 2.53 bits per heavy atom. The molecule has 4 N–H and O–H groups in total. The third-order valence-electron chi connectivity index (χ3n) is 2.92. The second-order valence-electron chi connectivity index (χ2n) is 3.98. The minimum Gasteiger partial charge on any atom is -0.506 e. The highest BCUT2D eigenvalue weighted by molar-refractivity contribution is 6.32. The Hall–Kier alpha value is -1.26. The first-order valence-electron chi connectivity index (χ1n) is 5.51. The number of nitrogens with one attached hydrogen (secondary N) is 1. The second kappa shape index (κ2) is 5.38. The fourth-order valence-electron chi connectivity index (χ4n) is 1.41. The molecule has 4 nitrogen and oxygen atoms in total. The third kappa shape index (κ3) is 3.11. The molecular weight excluding hydrogens is 240 g/mol. The van der Waals surface area contributed by atoms with Gasteiger partial charge in [-0.05, 0) is 31.0 Å². The SMILES string of the molecule is CCC(N)(CC)C(=O)Nc1ccc(O)c(Cl)c1. The van der Waals surface area contributed by atoms with Gasteiger partial charge in [-0.25, -0.2) is 0 Å². The van der Waals surface area contributed by atoms with E-state index in [0.717, 1.165) is 0 Å². The van der Waals surface area contributed by atoms with Gasteiger partial charge in [0.15, 0.2) is 0 Å². The number of phenolic OH excluding ortho intramolecular Hbond substituents is 1. The Morgan fingerprint density at radius 1 is 1.47 bits per heavy atom. The van der Waals surface area contributed by atoms with Crippen LogP contribution >= 0.6 is 11.6 Å². The number of nitrogens with two attached hydrogens (primary N) is 1. The molecule has 0 fully saturated rings. The normalized spacial score (nSPS) is 11.3. The van der Waals surface area contributed by atoms with E-state index in [9.17, 15) is 9.90 Å². The molecule has 0 saturated heterocycles. The number of phenols is 1. The average molecular weight is 257 g/mol. The topological polar surface area (TPSA) is 75.4 Å². The molecule has 5 heteroatoms. The molecule has 1 rings (SSSR count). The van der Waals surface area contributed by atoms with Crippen molar-refractivity contribution in [3.8, 4) is 5.75 Å². The van der Waals surface area contributed by atoms with Crippen LogP contribution in [0, 0.1) is 0 Å². The van der Waals surface area contributed by atoms with E-state index in [-0.39, 0.29) is 16.7 Å². The van der Waals surface area contributed by atoms with E-state index in [4.69, 9.17) is 17.3 Å². The molecule has 0 aliphatic heterocycles. The van der Waals surface area contributed by atoms with Crippen molar-refractivity contribution in [3.05, 3.63) is 23.2 Å². The van der Waals surface area contributed by atoms with Crippen LogP contribution in [0.4, 0.5) is 5.69 Å². The molecule has 0 saturated carbocycles. The first-order chi connectivity index (χ1) is 7.92. The summed E-state index contributed by atoms with van der Waals surface area (Å²) in [5.41, 5.74) is 5.61. The number of amides is 1. The molecule has 0 spiro atoms. The van der Waals surface area contributed by atoms with Crippen molar-refractivity contribution >= 4 is 23.2 Å². The summed E-state index contributed by atoms with van der Waals surface area (Å²) >= 11 is 5.75. The van der Waals surface area contributed by atoms with Crippen molar-refractivity contribution in [2.75, 3.05) is 5.32 Å². The van der Waals surface area contributed by atoms with E-state index in [1.807, 2.05) is 13.8 Å². The summed E-state index contributed by atoms with van der Waals surface area (Å²) in [6.45, 7) is 3.74. The van der Waals surface area contributed by atoms with Gasteiger partial charge in [-0.15, -0.1) is 0 Å². The first kappa shape index (κ1) is 13.8. The molecule has 0 heterocycles. The van der Waals surface area contributed by atoms with Crippen LogP contribution in [0.5, 0.6) is 5.75 Å². The molecule has 0 aliphatic carbocycles. The number of benzene rings is 1. The summed E-state index contributed by atoms with van der Waals surface area (Å²) in [5.74, 6) is -0.265. The highest BCUT2D eigenvalue weighted by Gasteiger charge is 2.29. The molecule has 1 amide bonds. The predicted molar refractivity (Wildman–Crippen MR) is 69.2 cm³/mol. The molecule has 1 aromatic rings. The third-order valence-corrected chi connectivity index (χ3v) is 3.22. The minimum atomic E-state index is -0.871. The number of aromatic hydroxyl groups is 1. The van der Waals surface area contributed by atoms with Gasteiger partial charge in [0.2, 0.25) is 5.91 Å². The number of hydrogen-bond acceptors (Lipinski definition) is 3. The van der Waals surface area contributed by atoms with E-state index in [1.54, 1.807) is 6.07 Å². The molecule has 0 unspecified atom stereocenters. The van der Waals surface area contributed by atoms with E-state index in [0.29, 0.717) is 18.5 Å². The predicted octanol–water partition coefficient (Wildman–Crippen LogP) is 2.50. The van der Waals surface area contributed by atoms with Gasteiger partial charge in [-0.3, -0.25) is 4.79 Å². The van der Waals surface area contributed by atoms with Crippen molar-refractivity contribution in [2.45, 2.75) is 32.2 Å². The van der Waals surface area contributed by atoms with Crippen LogP contribution in [0.1, 0.15) is 26.7 Å². The summed E-state index contributed by atoms with van der Waals surface area (Å²) in [7, 11) is 0. The largest absolute Gasteiger partial charge is 0.506 e. The van der Waals surface area contributed by atoms with Crippen molar-refractivity contribution < 1.29 is 9.90 Å². The van der Waals surface area contributed by atoms with Crippen molar-refractivity contribution in [2.24, 2.45) is 5.73 Å². The highest BCUT2D eigenvalue weighted by atomic mass is 35.5. The summed E-state index contributed by atoms with van der Waals surface area (Å²) in [4.78, 5) is 12.0. The standard InChI is InChI=1S/C12H17ClN2O2/c1-3-12(14,4-2)11(17)15-8-5-6-10(16)9(13)7-8/h5-7,16H,3-4,14H2,1-2H3,(H,15,17).